The second-order valence-electron chi connectivity index (χ2n) is 9.23. The van der Waals surface area contributed by atoms with Gasteiger partial charge in [0.05, 0.1) is 46.7 Å². The lowest BCUT2D eigenvalue weighted by atomic mass is 9.77. The summed E-state index contributed by atoms with van der Waals surface area (Å²) < 4.78 is 67.0. The summed E-state index contributed by atoms with van der Waals surface area (Å²) >= 11 is 0. The van der Waals surface area contributed by atoms with Crippen LogP contribution in [0, 0.1) is 18.3 Å². The number of aromatic nitrogens is 4. The van der Waals surface area contributed by atoms with Crippen molar-refractivity contribution in [1.29, 1.82) is 5.26 Å². The molecular weight excluding hydrogens is 537 g/mol. The fourth-order valence-corrected chi connectivity index (χ4v) is 5.35. The van der Waals surface area contributed by atoms with E-state index in [-0.39, 0.29) is 37.3 Å². The van der Waals surface area contributed by atoms with Crippen molar-refractivity contribution in [1.82, 2.24) is 28.4 Å². The molecule has 1 aliphatic heterocycles. The van der Waals surface area contributed by atoms with Crippen molar-refractivity contribution in [3.8, 4) is 11.9 Å². The molecule has 1 saturated heterocycles. The number of piperidine rings is 1. The summed E-state index contributed by atoms with van der Waals surface area (Å²) in [6.45, 7) is 1.93. The van der Waals surface area contributed by atoms with Gasteiger partial charge in [-0.1, -0.05) is 0 Å². The highest BCUT2D eigenvalue weighted by molar-refractivity contribution is 7.86. The van der Waals surface area contributed by atoms with Gasteiger partial charge >= 0.3 is 6.18 Å². The second-order valence-corrected chi connectivity index (χ2v) is 11.4. The summed E-state index contributed by atoms with van der Waals surface area (Å²) in [5.41, 5.74) is -0.484. The summed E-state index contributed by atoms with van der Waals surface area (Å²) in [6, 6.07) is 7.56. The van der Waals surface area contributed by atoms with Gasteiger partial charge < -0.3 is 5.32 Å². The van der Waals surface area contributed by atoms with Crippen molar-refractivity contribution in [2.75, 3.05) is 32.5 Å². The van der Waals surface area contributed by atoms with E-state index in [1.165, 1.54) is 41.5 Å². The molecule has 1 aliphatic rings. The summed E-state index contributed by atoms with van der Waals surface area (Å²) in [7, 11) is -0.676. The molecule has 4 rings (SSSR count). The molecule has 3 aromatic rings. The first-order valence-corrected chi connectivity index (χ1v) is 13.1. The van der Waals surface area contributed by atoms with Crippen LogP contribution in [0.1, 0.15) is 40.2 Å². The van der Waals surface area contributed by atoms with E-state index in [2.05, 4.69) is 26.5 Å². The highest BCUT2D eigenvalue weighted by Crippen LogP contribution is 2.35. The van der Waals surface area contributed by atoms with Crippen molar-refractivity contribution in [2.24, 2.45) is 0 Å². The first-order chi connectivity index (χ1) is 18.3. The molecule has 1 amide bonds. The number of carbonyl (C=O) groups excluding carboxylic acids is 1. The second kappa shape index (κ2) is 10.4. The lowest BCUT2D eigenvalue weighted by molar-refractivity contribution is -0.137. The molecular formula is C24H25F3N8O3S. The molecule has 15 heteroatoms. The Labute approximate surface area is 223 Å². The Morgan fingerprint density at radius 2 is 1.79 bits per heavy atom. The zero-order valence-electron chi connectivity index (χ0n) is 21.3. The number of rotatable bonds is 6. The molecule has 4 heterocycles. The van der Waals surface area contributed by atoms with Gasteiger partial charge in [-0.2, -0.15) is 40.6 Å². The Kier molecular flexibility index (Phi) is 7.48. The van der Waals surface area contributed by atoms with Crippen LogP contribution >= 0.6 is 0 Å². The van der Waals surface area contributed by atoms with Crippen molar-refractivity contribution in [3.63, 3.8) is 0 Å². The van der Waals surface area contributed by atoms with E-state index in [1.807, 2.05) is 0 Å². The fourth-order valence-electron chi connectivity index (χ4n) is 4.25. The molecule has 0 unspecified atom stereocenters. The number of nitrogens with one attached hydrogen (secondary N) is 1. The van der Waals surface area contributed by atoms with Crippen LogP contribution in [-0.4, -0.2) is 69.9 Å². The normalized spacial score (nSPS) is 16.2. The molecule has 0 saturated carbocycles. The summed E-state index contributed by atoms with van der Waals surface area (Å²) in [5.74, 6) is -0.394. The Balaban J connectivity index is 1.46. The van der Waals surface area contributed by atoms with Crippen molar-refractivity contribution in [2.45, 2.75) is 31.4 Å². The number of pyridine rings is 2. The SMILES string of the molecule is Cc1c(C(=O)Nc2ccc(C3(C#N)CCN(S(=O)(=O)N(C)C)CC3)nc2)cnn1-c1ccc(C(F)(F)F)cn1. The van der Waals surface area contributed by atoms with E-state index in [0.29, 0.717) is 23.3 Å². The van der Waals surface area contributed by atoms with Gasteiger partial charge in [0, 0.05) is 33.4 Å². The summed E-state index contributed by atoms with van der Waals surface area (Å²) in [5, 5.41) is 16.7. The average Bonchev–Trinajstić information content (AvgIpc) is 3.30. The molecule has 206 valence electrons. The van der Waals surface area contributed by atoms with Crippen LogP contribution in [0.2, 0.25) is 0 Å². The topological polar surface area (TPSA) is 137 Å². The Morgan fingerprint density at radius 3 is 2.31 bits per heavy atom. The van der Waals surface area contributed by atoms with E-state index in [4.69, 9.17) is 0 Å². The number of carbonyl (C=O) groups is 1. The third-order valence-electron chi connectivity index (χ3n) is 6.64. The minimum atomic E-state index is -4.52. The Morgan fingerprint density at radius 1 is 1.10 bits per heavy atom. The number of hydrogen-bond acceptors (Lipinski definition) is 7. The van der Waals surface area contributed by atoms with Crippen LogP contribution in [0.25, 0.3) is 5.82 Å². The molecule has 1 fully saturated rings. The van der Waals surface area contributed by atoms with Crippen LogP contribution in [0.15, 0.2) is 42.9 Å². The highest BCUT2D eigenvalue weighted by atomic mass is 32.2. The number of halogens is 3. The molecule has 1 N–H and O–H groups in total. The molecule has 0 atom stereocenters. The van der Waals surface area contributed by atoms with Gasteiger partial charge in [0.1, 0.15) is 5.41 Å². The average molecular weight is 563 g/mol. The fraction of sp³-hybridized carbons (Fsp3) is 0.375. The van der Waals surface area contributed by atoms with Gasteiger partial charge in [-0.25, -0.2) is 9.67 Å². The monoisotopic (exact) mass is 562 g/mol. The molecule has 39 heavy (non-hydrogen) atoms. The zero-order chi connectivity index (χ0) is 28.6. The predicted molar refractivity (Wildman–Crippen MR) is 134 cm³/mol. The zero-order valence-corrected chi connectivity index (χ0v) is 22.1. The number of nitrogens with zero attached hydrogens (tertiary/aromatic N) is 7. The van der Waals surface area contributed by atoms with E-state index < -0.39 is 33.3 Å². The first kappa shape index (κ1) is 28.1. The Hall–Kier alpha value is -3.87. The van der Waals surface area contributed by atoms with E-state index in [0.717, 1.165) is 10.4 Å². The smallest absolute Gasteiger partial charge is 0.320 e. The van der Waals surface area contributed by atoms with Crippen molar-refractivity contribution in [3.05, 3.63) is 65.4 Å². The van der Waals surface area contributed by atoms with Gasteiger partial charge in [0.2, 0.25) is 0 Å². The maximum absolute atomic E-state index is 12.9. The van der Waals surface area contributed by atoms with Crippen molar-refractivity contribution < 1.29 is 26.4 Å². The van der Waals surface area contributed by atoms with Crippen LogP contribution in [0.4, 0.5) is 18.9 Å². The van der Waals surface area contributed by atoms with Crippen LogP contribution in [0.3, 0.4) is 0 Å². The molecule has 0 bridgehead atoms. The standard InChI is InChI=1S/C24H25F3N8O3S/c1-16-19(14-31-35(16)21-7-4-17(12-30-21)24(25,26)27)22(36)32-18-5-6-20(29-13-18)23(15-28)8-10-34(11-9-23)39(37,38)33(2)3/h4-7,12-14H,8-11H2,1-3H3,(H,32,36). The van der Waals surface area contributed by atoms with Gasteiger partial charge in [-0.05, 0) is 44.0 Å². The van der Waals surface area contributed by atoms with Gasteiger partial charge in [-0.15, -0.1) is 0 Å². The van der Waals surface area contributed by atoms with E-state index in [9.17, 15) is 31.6 Å². The number of amides is 1. The number of anilines is 1. The van der Waals surface area contributed by atoms with E-state index in [1.54, 1.807) is 19.1 Å². The molecule has 11 nitrogen and oxygen atoms in total. The van der Waals surface area contributed by atoms with E-state index >= 15 is 0 Å². The number of alkyl halides is 3. The predicted octanol–water partition coefficient (Wildman–Crippen LogP) is 2.91. The number of nitriles is 1. The first-order valence-electron chi connectivity index (χ1n) is 11.7. The molecule has 0 spiro atoms. The molecule has 3 aromatic heterocycles. The van der Waals surface area contributed by atoms with Crippen LogP contribution < -0.4 is 5.32 Å². The van der Waals surface area contributed by atoms with Crippen LogP contribution in [-0.2, 0) is 21.8 Å². The Bertz CT molecular complexity index is 1500. The van der Waals surface area contributed by atoms with Gasteiger partial charge in [0.25, 0.3) is 16.1 Å². The lowest BCUT2D eigenvalue weighted by Gasteiger charge is -2.37. The van der Waals surface area contributed by atoms with Gasteiger partial charge in [0.15, 0.2) is 5.82 Å². The molecule has 0 radical (unpaired) electrons. The summed E-state index contributed by atoms with van der Waals surface area (Å²) in [4.78, 5) is 21.1. The quantitative estimate of drug-likeness (QED) is 0.488. The summed E-state index contributed by atoms with van der Waals surface area (Å²) in [6.07, 6.45) is -0.589. The third kappa shape index (κ3) is 5.49. The maximum atomic E-state index is 12.9. The minimum absolute atomic E-state index is 0.122. The third-order valence-corrected chi connectivity index (χ3v) is 8.58. The minimum Gasteiger partial charge on any atom is -0.320 e. The number of hydrogen-bond donors (Lipinski definition) is 1. The largest absolute Gasteiger partial charge is 0.417 e. The van der Waals surface area contributed by atoms with Crippen molar-refractivity contribution >= 4 is 21.8 Å². The lowest BCUT2D eigenvalue weighted by Crippen LogP contribution is -2.48. The molecule has 0 aromatic carbocycles. The molecule has 0 aliphatic carbocycles. The van der Waals surface area contributed by atoms with Crippen LogP contribution in [0.5, 0.6) is 0 Å². The highest BCUT2D eigenvalue weighted by Gasteiger charge is 2.41. The van der Waals surface area contributed by atoms with Gasteiger partial charge in [-0.3, -0.25) is 9.78 Å². The maximum Gasteiger partial charge on any atom is 0.417 e.